The molecule has 12 heteroatoms. The van der Waals surface area contributed by atoms with Crippen molar-refractivity contribution in [2.75, 3.05) is 0 Å². The lowest BCUT2D eigenvalue weighted by Crippen LogP contribution is -2.39. The van der Waals surface area contributed by atoms with Gasteiger partial charge >= 0.3 is 10.1 Å². The molecule has 0 aliphatic rings. The van der Waals surface area contributed by atoms with Gasteiger partial charge in [0.25, 0.3) is 11.1 Å². The largest absolute Gasteiger partial charge is 0.363 e. The summed E-state index contributed by atoms with van der Waals surface area (Å²) in [6.45, 7) is 0. The third-order valence-electron chi connectivity index (χ3n) is 4.57. The maximum Gasteiger partial charge on any atom is 0.363 e. The first-order valence-electron chi connectivity index (χ1n) is 8.59. The van der Waals surface area contributed by atoms with E-state index >= 15 is 0 Å². The van der Waals surface area contributed by atoms with Crippen LogP contribution in [0.2, 0.25) is 0 Å². The number of halogens is 5. The maximum atomic E-state index is 14.0. The van der Waals surface area contributed by atoms with Gasteiger partial charge in [-0.3, -0.25) is 13.9 Å². The highest BCUT2D eigenvalue weighted by Gasteiger charge is 2.36. The van der Waals surface area contributed by atoms with Gasteiger partial charge in [-0.25, -0.2) is 22.0 Å². The van der Waals surface area contributed by atoms with Crippen LogP contribution in [-0.2, 0) is 10.1 Å². The van der Waals surface area contributed by atoms with Crippen LogP contribution in [0, 0.1) is 29.1 Å². The highest BCUT2D eigenvalue weighted by atomic mass is 32.2. The van der Waals surface area contributed by atoms with Gasteiger partial charge < -0.3 is 0 Å². The summed E-state index contributed by atoms with van der Waals surface area (Å²) in [5.41, 5.74) is -2.68. The molecule has 0 saturated heterocycles. The average molecular weight is 469 g/mol. The van der Waals surface area contributed by atoms with Crippen molar-refractivity contribution in [3.8, 4) is 0 Å². The minimum absolute atomic E-state index is 0.210. The number of fused-ring (bicyclic) bond motifs is 3. The van der Waals surface area contributed by atoms with Gasteiger partial charge in [-0.1, -0.05) is 41.1 Å². The van der Waals surface area contributed by atoms with E-state index < -0.39 is 55.2 Å². The summed E-state index contributed by atoms with van der Waals surface area (Å²) in [6.07, 6.45) is 0. The Balaban J connectivity index is 2.09. The van der Waals surface area contributed by atoms with Crippen molar-refractivity contribution in [2.45, 2.75) is 4.90 Å². The molecule has 0 bridgehead atoms. The second kappa shape index (κ2) is 7.41. The molecule has 0 fully saturated rings. The molecule has 0 spiro atoms. The highest BCUT2D eigenvalue weighted by Crippen LogP contribution is 2.27. The van der Waals surface area contributed by atoms with Crippen LogP contribution in [0.4, 0.5) is 22.0 Å². The molecule has 0 atom stereocenters. The number of benzene rings is 3. The number of aromatic nitrogens is 1. The van der Waals surface area contributed by atoms with Gasteiger partial charge in [0.15, 0.2) is 28.2 Å². The molecule has 0 saturated carbocycles. The summed E-state index contributed by atoms with van der Waals surface area (Å²) in [6, 6.07) is 11.2. The van der Waals surface area contributed by atoms with Crippen LogP contribution in [0.25, 0.3) is 21.5 Å². The third kappa shape index (κ3) is 3.11. The number of rotatable bonds is 3. The van der Waals surface area contributed by atoms with Crippen molar-refractivity contribution >= 4 is 31.7 Å². The van der Waals surface area contributed by atoms with Gasteiger partial charge in [0.2, 0.25) is 5.82 Å². The van der Waals surface area contributed by atoms with E-state index in [-0.39, 0.29) is 26.3 Å². The quantitative estimate of drug-likeness (QED) is 0.262. The third-order valence-corrected chi connectivity index (χ3v) is 5.77. The van der Waals surface area contributed by atoms with E-state index in [1.54, 1.807) is 0 Å². The second-order valence-corrected chi connectivity index (χ2v) is 7.89. The van der Waals surface area contributed by atoms with Gasteiger partial charge in [0.05, 0.1) is 10.8 Å². The number of hydrogen-bond donors (Lipinski definition) is 0. The summed E-state index contributed by atoms with van der Waals surface area (Å²) in [7, 11) is -5.88. The highest BCUT2D eigenvalue weighted by molar-refractivity contribution is 7.87. The minimum atomic E-state index is -5.88. The van der Waals surface area contributed by atoms with Crippen molar-refractivity contribution in [3.63, 3.8) is 0 Å². The molecule has 0 N–H and O–H groups in total. The zero-order chi connectivity index (χ0) is 23.4. The Morgan fingerprint density at radius 3 is 1.34 bits per heavy atom. The molecule has 0 amide bonds. The lowest BCUT2D eigenvalue weighted by atomic mass is 10.1. The molecular formula is C20H8F5NO5S. The van der Waals surface area contributed by atoms with Gasteiger partial charge in [-0.05, 0) is 22.9 Å². The van der Waals surface area contributed by atoms with Crippen molar-refractivity contribution in [2.24, 2.45) is 0 Å². The predicted molar refractivity (Wildman–Crippen MR) is 102 cm³/mol. The van der Waals surface area contributed by atoms with E-state index in [0.717, 1.165) is 0 Å². The van der Waals surface area contributed by atoms with Gasteiger partial charge in [-0.2, -0.15) is 8.42 Å². The Hall–Kier alpha value is -3.80. The maximum absolute atomic E-state index is 14.0. The molecule has 6 nitrogen and oxygen atoms in total. The minimum Gasteiger partial charge on any atom is -0.277 e. The van der Waals surface area contributed by atoms with Crippen molar-refractivity contribution < 1.29 is 34.7 Å². The Bertz CT molecular complexity index is 1570. The molecule has 4 aromatic rings. The zero-order valence-electron chi connectivity index (χ0n) is 15.4. The number of nitrogens with zero attached hydrogens (tertiary/aromatic N) is 1. The van der Waals surface area contributed by atoms with Gasteiger partial charge in [0.1, 0.15) is 0 Å². The van der Waals surface area contributed by atoms with E-state index in [2.05, 4.69) is 4.28 Å². The molecule has 0 unspecified atom stereocenters. The number of hydrogen-bond acceptors (Lipinski definition) is 5. The van der Waals surface area contributed by atoms with Crippen molar-refractivity contribution in [3.05, 3.63) is 98.3 Å². The molecule has 164 valence electrons. The van der Waals surface area contributed by atoms with Crippen molar-refractivity contribution in [1.29, 1.82) is 0 Å². The smallest absolute Gasteiger partial charge is 0.277 e. The summed E-state index contributed by atoms with van der Waals surface area (Å²) in [5, 5.41) is 0.0270. The lowest BCUT2D eigenvalue weighted by molar-refractivity contribution is 0.255. The van der Waals surface area contributed by atoms with Crippen LogP contribution < -0.4 is 15.4 Å². The molecule has 0 aliphatic heterocycles. The summed E-state index contributed by atoms with van der Waals surface area (Å²) < 4.78 is 97.4. The topological polar surface area (TPSA) is 82.4 Å². The molecule has 3 aromatic carbocycles. The van der Waals surface area contributed by atoms with Crippen LogP contribution in [0.5, 0.6) is 0 Å². The fraction of sp³-hybridized carbons (Fsp3) is 0. The molecular weight excluding hydrogens is 461 g/mol. The Morgan fingerprint density at radius 2 is 0.938 bits per heavy atom. The van der Waals surface area contributed by atoms with E-state index in [4.69, 9.17) is 0 Å². The van der Waals surface area contributed by atoms with Crippen LogP contribution in [-0.4, -0.2) is 13.1 Å². The average Bonchev–Trinajstić information content (AvgIpc) is 2.86. The van der Waals surface area contributed by atoms with E-state index in [1.807, 2.05) is 0 Å². The standard InChI is InChI=1S/C20H8F5NO5S/c21-13-14(22)16(24)18(17(25)15(13)23)32(29,30)31-26-19(27)11-7-3-1-5-9(11)10-6-2-4-8-12(10)20(26)28/h1-8H. The molecule has 32 heavy (non-hydrogen) atoms. The molecule has 0 radical (unpaired) electrons. The SMILES string of the molecule is O=c1c2ccccc2c2ccccc2c(=O)n1OS(=O)(=O)c1c(F)c(F)c(F)c(F)c1F. The summed E-state index contributed by atoms with van der Waals surface area (Å²) >= 11 is 0. The van der Waals surface area contributed by atoms with Gasteiger partial charge in [-0.15, -0.1) is 0 Å². The van der Waals surface area contributed by atoms with E-state index in [0.29, 0.717) is 0 Å². The fourth-order valence-corrected chi connectivity index (χ4v) is 4.15. The van der Waals surface area contributed by atoms with Crippen LogP contribution >= 0.6 is 0 Å². The van der Waals surface area contributed by atoms with Gasteiger partial charge in [0, 0.05) is 0 Å². The van der Waals surface area contributed by atoms with Crippen LogP contribution in [0.15, 0.2) is 63.0 Å². The zero-order valence-corrected chi connectivity index (χ0v) is 16.2. The first-order chi connectivity index (χ1) is 15.1. The molecule has 1 aromatic heterocycles. The first-order valence-corrected chi connectivity index (χ1v) is 10.0. The molecule has 0 aliphatic carbocycles. The molecule has 4 rings (SSSR count). The summed E-state index contributed by atoms with van der Waals surface area (Å²) in [5.74, 6) is -13.1. The second-order valence-electron chi connectivity index (χ2n) is 6.42. The monoisotopic (exact) mass is 469 g/mol. The first kappa shape index (κ1) is 21.4. The van der Waals surface area contributed by atoms with E-state index in [9.17, 15) is 40.0 Å². The Morgan fingerprint density at radius 1 is 0.594 bits per heavy atom. The van der Waals surface area contributed by atoms with Crippen LogP contribution in [0.3, 0.4) is 0 Å². The van der Waals surface area contributed by atoms with Crippen LogP contribution in [0.1, 0.15) is 0 Å². The lowest BCUT2D eigenvalue weighted by Gasteiger charge is -2.10. The van der Waals surface area contributed by atoms with Crippen molar-refractivity contribution in [1.82, 2.24) is 4.73 Å². The Labute approximate surface area is 174 Å². The fourth-order valence-electron chi connectivity index (χ4n) is 3.13. The predicted octanol–water partition coefficient (Wildman–Crippen LogP) is 3.03. The summed E-state index contributed by atoms with van der Waals surface area (Å²) in [4.78, 5) is 23.5. The molecule has 1 heterocycles. The Kier molecular flexibility index (Phi) is 4.96. The van der Waals surface area contributed by atoms with E-state index in [1.165, 1.54) is 48.5 Å². The normalized spacial score (nSPS) is 11.8.